The van der Waals surface area contributed by atoms with E-state index in [4.69, 9.17) is 4.74 Å². The number of Topliss-reactive ketones (excluding diaryl/α,β-unsaturated/α-hetero) is 2. The van der Waals surface area contributed by atoms with Gasteiger partial charge < -0.3 is 4.74 Å². The second kappa shape index (κ2) is 4.81. The van der Waals surface area contributed by atoms with Gasteiger partial charge in [0, 0.05) is 12.0 Å². The van der Waals surface area contributed by atoms with Crippen LogP contribution in [0.5, 0.6) is 0 Å². The first-order chi connectivity index (χ1) is 7.40. The minimum absolute atomic E-state index is 0.101. The van der Waals surface area contributed by atoms with Crippen molar-refractivity contribution in [2.45, 2.75) is 47.1 Å². The zero-order chi connectivity index (χ0) is 12.5. The fourth-order valence-corrected chi connectivity index (χ4v) is 1.95. The first-order valence-electron chi connectivity index (χ1n) is 5.84. The van der Waals surface area contributed by atoms with Crippen molar-refractivity contribution >= 4 is 11.6 Å². The van der Waals surface area contributed by atoms with Crippen molar-refractivity contribution in [1.29, 1.82) is 0 Å². The van der Waals surface area contributed by atoms with E-state index in [0.717, 1.165) is 0 Å². The summed E-state index contributed by atoms with van der Waals surface area (Å²) in [6, 6.07) is 0. The lowest BCUT2D eigenvalue weighted by molar-refractivity contribution is -0.127. The Morgan fingerprint density at radius 1 is 1.44 bits per heavy atom. The number of ether oxygens (including phenoxy) is 1. The number of hydrogen-bond acceptors (Lipinski definition) is 3. The fraction of sp³-hybridized carbons (Fsp3) is 0.692. The molecule has 1 heterocycles. The van der Waals surface area contributed by atoms with Gasteiger partial charge in [0.1, 0.15) is 17.6 Å². The maximum absolute atomic E-state index is 11.9. The third kappa shape index (κ3) is 2.18. The van der Waals surface area contributed by atoms with Crippen LogP contribution in [0.2, 0.25) is 0 Å². The molecule has 0 aliphatic carbocycles. The summed E-state index contributed by atoms with van der Waals surface area (Å²) in [5.41, 5.74) is 0.611. The molecule has 0 aromatic heterocycles. The highest BCUT2D eigenvalue weighted by atomic mass is 16.5. The summed E-state index contributed by atoms with van der Waals surface area (Å²) in [5.74, 6) is 0.368. The summed E-state index contributed by atoms with van der Waals surface area (Å²) in [4.78, 5) is 23.5. The van der Waals surface area contributed by atoms with E-state index in [-0.39, 0.29) is 29.5 Å². The van der Waals surface area contributed by atoms with Gasteiger partial charge in [-0.05, 0) is 20.8 Å². The molecule has 90 valence electrons. The van der Waals surface area contributed by atoms with Crippen molar-refractivity contribution in [3.8, 4) is 0 Å². The number of carbonyl (C=O) groups is 2. The van der Waals surface area contributed by atoms with E-state index in [0.29, 0.717) is 17.8 Å². The highest BCUT2D eigenvalue weighted by Crippen LogP contribution is 2.30. The van der Waals surface area contributed by atoms with E-state index in [1.807, 2.05) is 20.8 Å². The standard InChI is InChI=1S/C13H20O3/c1-6-11(14)8(3)13-9(4)12(15)7(2)10(5)16-13/h7-8,10H,6H2,1-5H3/t7?,8?,10-/m0/s1. The minimum Gasteiger partial charge on any atom is -0.493 e. The van der Waals surface area contributed by atoms with Crippen LogP contribution in [0.1, 0.15) is 41.0 Å². The van der Waals surface area contributed by atoms with E-state index in [1.54, 1.807) is 13.8 Å². The van der Waals surface area contributed by atoms with E-state index < -0.39 is 0 Å². The molecule has 1 aliphatic rings. The summed E-state index contributed by atoms with van der Waals surface area (Å²) in [6.45, 7) is 9.11. The molecule has 0 aromatic carbocycles. The molecule has 3 nitrogen and oxygen atoms in total. The van der Waals surface area contributed by atoms with Gasteiger partial charge in [0.2, 0.25) is 0 Å². The Balaban J connectivity index is 3.03. The van der Waals surface area contributed by atoms with E-state index in [9.17, 15) is 9.59 Å². The predicted molar refractivity (Wildman–Crippen MR) is 61.9 cm³/mol. The normalized spacial score (nSPS) is 27.7. The van der Waals surface area contributed by atoms with E-state index in [1.165, 1.54) is 0 Å². The maximum Gasteiger partial charge on any atom is 0.168 e. The second-order valence-electron chi connectivity index (χ2n) is 4.51. The molecule has 2 unspecified atom stereocenters. The molecule has 0 spiro atoms. The molecule has 0 amide bonds. The van der Waals surface area contributed by atoms with Gasteiger partial charge in [0.25, 0.3) is 0 Å². The van der Waals surface area contributed by atoms with Gasteiger partial charge in [-0.15, -0.1) is 0 Å². The van der Waals surface area contributed by atoms with E-state index >= 15 is 0 Å². The highest BCUT2D eigenvalue weighted by Gasteiger charge is 2.34. The lowest BCUT2D eigenvalue weighted by atomic mass is 9.88. The Labute approximate surface area is 96.9 Å². The van der Waals surface area contributed by atoms with Crippen LogP contribution < -0.4 is 0 Å². The summed E-state index contributed by atoms with van der Waals surface area (Å²) in [6.07, 6.45) is 0.331. The van der Waals surface area contributed by atoms with Crippen LogP contribution in [0.4, 0.5) is 0 Å². The molecule has 0 aromatic rings. The summed E-state index contributed by atoms with van der Waals surface area (Å²) in [7, 11) is 0. The Bertz CT molecular complexity index is 341. The van der Waals surface area contributed by atoms with Crippen molar-refractivity contribution in [3.05, 3.63) is 11.3 Å². The largest absolute Gasteiger partial charge is 0.493 e. The molecule has 16 heavy (non-hydrogen) atoms. The van der Waals surface area contributed by atoms with Crippen LogP contribution in [0.15, 0.2) is 11.3 Å². The van der Waals surface area contributed by atoms with Crippen LogP contribution in [0, 0.1) is 11.8 Å². The SMILES string of the molecule is CCC(=O)C(C)C1=C(C)C(=O)C(C)[C@H](C)O1. The smallest absolute Gasteiger partial charge is 0.168 e. The molecular weight excluding hydrogens is 204 g/mol. The molecule has 3 atom stereocenters. The third-order valence-electron chi connectivity index (χ3n) is 3.39. The van der Waals surface area contributed by atoms with Crippen LogP contribution in [-0.4, -0.2) is 17.7 Å². The topological polar surface area (TPSA) is 43.4 Å². The van der Waals surface area contributed by atoms with Crippen LogP contribution in [0.25, 0.3) is 0 Å². The van der Waals surface area contributed by atoms with Gasteiger partial charge in [-0.25, -0.2) is 0 Å². The zero-order valence-electron chi connectivity index (χ0n) is 10.7. The lowest BCUT2D eigenvalue weighted by Crippen LogP contribution is -2.35. The predicted octanol–water partition coefficient (Wildman–Crippen LogP) is 2.50. The Hall–Kier alpha value is -1.12. The number of hydrogen-bond donors (Lipinski definition) is 0. The zero-order valence-corrected chi connectivity index (χ0v) is 10.7. The Morgan fingerprint density at radius 2 is 2.00 bits per heavy atom. The first kappa shape index (κ1) is 12.9. The molecule has 1 aliphatic heterocycles. The Kier molecular flexibility index (Phi) is 3.89. The molecule has 0 N–H and O–H groups in total. The summed E-state index contributed by atoms with van der Waals surface area (Å²) >= 11 is 0. The average molecular weight is 224 g/mol. The van der Waals surface area contributed by atoms with Gasteiger partial charge >= 0.3 is 0 Å². The number of carbonyl (C=O) groups excluding carboxylic acids is 2. The molecular formula is C13H20O3. The number of ketones is 2. The third-order valence-corrected chi connectivity index (χ3v) is 3.39. The van der Waals surface area contributed by atoms with Crippen LogP contribution in [0.3, 0.4) is 0 Å². The van der Waals surface area contributed by atoms with Crippen molar-refractivity contribution in [3.63, 3.8) is 0 Å². The molecule has 0 saturated carbocycles. The molecule has 0 fully saturated rings. The van der Waals surface area contributed by atoms with Gasteiger partial charge in [0.15, 0.2) is 5.78 Å². The molecule has 0 radical (unpaired) electrons. The van der Waals surface area contributed by atoms with Crippen LogP contribution >= 0.6 is 0 Å². The molecule has 0 saturated heterocycles. The first-order valence-corrected chi connectivity index (χ1v) is 5.84. The molecule has 3 heteroatoms. The lowest BCUT2D eigenvalue weighted by Gasteiger charge is -2.31. The van der Waals surface area contributed by atoms with Gasteiger partial charge in [-0.3, -0.25) is 9.59 Å². The highest BCUT2D eigenvalue weighted by molar-refractivity contribution is 5.99. The Morgan fingerprint density at radius 3 is 2.50 bits per heavy atom. The van der Waals surface area contributed by atoms with Crippen LogP contribution in [-0.2, 0) is 14.3 Å². The van der Waals surface area contributed by atoms with E-state index in [2.05, 4.69) is 0 Å². The van der Waals surface area contributed by atoms with Gasteiger partial charge in [-0.1, -0.05) is 13.8 Å². The summed E-state index contributed by atoms with van der Waals surface area (Å²) < 4.78 is 5.70. The van der Waals surface area contributed by atoms with Crippen molar-refractivity contribution in [1.82, 2.24) is 0 Å². The van der Waals surface area contributed by atoms with Gasteiger partial charge in [0.05, 0.1) is 11.8 Å². The number of allylic oxidation sites excluding steroid dienone is 2. The molecule has 0 bridgehead atoms. The average Bonchev–Trinajstić information content (AvgIpc) is 2.29. The number of rotatable bonds is 3. The minimum atomic E-state index is -0.302. The van der Waals surface area contributed by atoms with Crippen molar-refractivity contribution < 1.29 is 14.3 Å². The summed E-state index contributed by atoms with van der Waals surface area (Å²) in [5, 5.41) is 0. The fourth-order valence-electron chi connectivity index (χ4n) is 1.95. The van der Waals surface area contributed by atoms with Gasteiger partial charge in [-0.2, -0.15) is 0 Å². The van der Waals surface area contributed by atoms with Crippen molar-refractivity contribution in [2.75, 3.05) is 0 Å². The maximum atomic E-state index is 11.9. The second-order valence-corrected chi connectivity index (χ2v) is 4.51. The quantitative estimate of drug-likeness (QED) is 0.739. The molecule has 1 rings (SSSR count). The monoisotopic (exact) mass is 224 g/mol. The van der Waals surface area contributed by atoms with Crippen molar-refractivity contribution in [2.24, 2.45) is 11.8 Å².